The Labute approximate surface area is 465 Å². The second kappa shape index (κ2) is 16.4. The molecule has 0 aromatic heterocycles. The van der Waals surface area contributed by atoms with Crippen molar-refractivity contribution in [2.45, 2.75) is 38.5 Å². The molecule has 2 heteroatoms. The van der Waals surface area contributed by atoms with E-state index in [0.717, 1.165) is 17.1 Å². The molecule has 0 radical (unpaired) electrons. The van der Waals surface area contributed by atoms with Gasteiger partial charge in [-0.25, -0.2) is 0 Å². The largest absolute Gasteiger partial charge is 0.310 e. The molecule has 15 aromatic rings. The molecule has 0 saturated carbocycles. The first kappa shape index (κ1) is 45.3. The fraction of sp³-hybridized carbons (Fsp3) is 0.0769. The van der Waals surface area contributed by atoms with Gasteiger partial charge in [0.15, 0.2) is 0 Å². The maximum Gasteiger partial charge on any atom is 0.0540 e. The molecule has 0 bridgehead atoms. The van der Waals surface area contributed by atoms with E-state index in [1.54, 1.807) is 0 Å². The van der Waals surface area contributed by atoms with Crippen LogP contribution in [0, 0.1) is 0 Å². The van der Waals surface area contributed by atoms with Crippen molar-refractivity contribution in [2.24, 2.45) is 0 Å². The smallest absolute Gasteiger partial charge is 0.0540 e. The van der Waals surface area contributed by atoms with Crippen molar-refractivity contribution in [3.05, 3.63) is 277 Å². The fourth-order valence-corrected chi connectivity index (χ4v) is 15.1. The van der Waals surface area contributed by atoms with E-state index in [2.05, 4.69) is 292 Å². The summed E-state index contributed by atoms with van der Waals surface area (Å²) in [5.41, 5.74) is 19.9. The number of nitrogens with zero attached hydrogens (tertiary/aromatic N) is 2. The summed E-state index contributed by atoms with van der Waals surface area (Å²) in [6.07, 6.45) is 0. The summed E-state index contributed by atoms with van der Waals surface area (Å²) in [6.45, 7) is 9.65. The number of benzene rings is 13. The van der Waals surface area contributed by atoms with Crippen LogP contribution in [0.5, 0.6) is 0 Å². The molecule has 0 spiro atoms. The summed E-state index contributed by atoms with van der Waals surface area (Å²) in [5.74, 6) is 0. The summed E-state index contributed by atoms with van der Waals surface area (Å²) in [7, 11) is 0. The first-order valence-corrected chi connectivity index (χ1v) is 28.3. The zero-order valence-corrected chi connectivity index (χ0v) is 45.1. The van der Waals surface area contributed by atoms with Crippen LogP contribution in [0.3, 0.4) is 0 Å². The maximum atomic E-state index is 2.61. The first-order chi connectivity index (χ1) is 39.3. The van der Waals surface area contributed by atoms with E-state index in [1.807, 2.05) is 0 Å². The number of fused-ring (bicyclic) bond motifs is 12. The number of anilines is 6. The molecule has 0 saturated heterocycles. The van der Waals surface area contributed by atoms with Crippen LogP contribution in [0.15, 0.2) is 255 Å². The van der Waals surface area contributed by atoms with Crippen molar-refractivity contribution >= 4 is 110 Å². The average molecular weight is 1020 g/mol. The van der Waals surface area contributed by atoms with Gasteiger partial charge in [0.25, 0.3) is 0 Å². The normalized spacial score (nSPS) is 14.2. The predicted molar refractivity (Wildman–Crippen MR) is 341 cm³/mol. The van der Waals surface area contributed by atoms with Crippen molar-refractivity contribution < 1.29 is 0 Å². The van der Waals surface area contributed by atoms with E-state index >= 15 is 0 Å². The minimum Gasteiger partial charge on any atom is -0.310 e. The lowest BCUT2D eigenvalue weighted by molar-refractivity contribution is 0.627. The fourth-order valence-electron chi connectivity index (χ4n) is 15.1. The molecule has 1 aliphatic heterocycles. The number of hydrogen-bond donors (Lipinski definition) is 0. The number of rotatable bonds is 6. The standard InChI is InChI=1S/C78H54N2/c1-77(2)61-35-17-16-30-53(61)60-45-64-68(46-63(60)77)80(67-37-19-18-36-62(67)78(64,3)4)66-43-41-59-72-55(66)32-21-34-57(72)74-70(49-25-10-6-11-26-49)75-58-40-42-65(79(51-28-12-7-13-29-51)52-39-38-47-22-14-15-27-50(47)44-52)54-31-20-33-56(71(54)58)73(75)69(76(59)74)48-23-8-5-9-24-48/h5-46H,1-4H3. The SMILES string of the molecule is CC1(C)c2ccccc2-c2cc3c(cc21)N(c1ccc2c4c(-c5ccccc5)c5c6cccc7c(N(c8ccccc8)c8ccc9ccccc9c8)ccc(c5c(-c5ccccc5)c4c4cccc1c42)c76)c1ccccc1C3(C)C. The van der Waals surface area contributed by atoms with E-state index in [9.17, 15) is 0 Å². The molecule has 0 fully saturated rings. The van der Waals surface area contributed by atoms with Crippen LogP contribution in [-0.4, -0.2) is 0 Å². The minimum absolute atomic E-state index is 0.150. The lowest BCUT2D eigenvalue weighted by Gasteiger charge is -2.43. The Morgan fingerprint density at radius 3 is 1.50 bits per heavy atom. The monoisotopic (exact) mass is 1020 g/mol. The van der Waals surface area contributed by atoms with Gasteiger partial charge in [0.2, 0.25) is 0 Å². The zero-order chi connectivity index (χ0) is 53.2. The van der Waals surface area contributed by atoms with E-state index in [0.29, 0.717) is 0 Å². The highest BCUT2D eigenvalue weighted by atomic mass is 15.2. The van der Waals surface area contributed by atoms with Crippen molar-refractivity contribution in [3.8, 4) is 33.4 Å². The highest BCUT2D eigenvalue weighted by Crippen LogP contribution is 2.61. The molecule has 0 unspecified atom stereocenters. The first-order valence-electron chi connectivity index (χ1n) is 28.3. The molecule has 0 amide bonds. The van der Waals surface area contributed by atoms with Gasteiger partial charge in [-0.2, -0.15) is 0 Å². The molecular weight excluding hydrogens is 965 g/mol. The second-order valence-electron chi connectivity index (χ2n) is 23.5. The molecule has 2 aliphatic rings. The van der Waals surface area contributed by atoms with Gasteiger partial charge >= 0.3 is 0 Å². The van der Waals surface area contributed by atoms with Gasteiger partial charge in [0.05, 0.1) is 22.7 Å². The quantitative estimate of drug-likeness (QED) is 0.164. The third-order valence-corrected chi connectivity index (χ3v) is 18.7. The Hall–Kier alpha value is -9.76. The molecule has 1 aliphatic carbocycles. The van der Waals surface area contributed by atoms with Gasteiger partial charge in [-0.05, 0) is 175 Å². The highest BCUT2D eigenvalue weighted by Gasteiger charge is 2.43. The Balaban J connectivity index is 0.986. The van der Waals surface area contributed by atoms with Gasteiger partial charge < -0.3 is 9.80 Å². The van der Waals surface area contributed by atoms with Crippen LogP contribution >= 0.6 is 0 Å². The van der Waals surface area contributed by atoms with Gasteiger partial charge in [-0.3, -0.25) is 0 Å². The Kier molecular flexibility index (Phi) is 9.28. The maximum absolute atomic E-state index is 2.61. The van der Waals surface area contributed by atoms with Crippen LogP contribution in [0.1, 0.15) is 49.9 Å². The molecule has 2 nitrogen and oxygen atoms in total. The van der Waals surface area contributed by atoms with Gasteiger partial charge in [0.1, 0.15) is 0 Å². The molecule has 0 N–H and O–H groups in total. The summed E-state index contributed by atoms with van der Waals surface area (Å²) in [6, 6.07) is 96.1. The van der Waals surface area contributed by atoms with Crippen LogP contribution in [0.4, 0.5) is 34.1 Å². The molecule has 17 rings (SSSR count). The van der Waals surface area contributed by atoms with Crippen LogP contribution < -0.4 is 9.80 Å². The van der Waals surface area contributed by atoms with Crippen molar-refractivity contribution in [1.29, 1.82) is 0 Å². The Morgan fingerprint density at radius 1 is 0.287 bits per heavy atom. The van der Waals surface area contributed by atoms with E-state index in [-0.39, 0.29) is 10.8 Å². The highest BCUT2D eigenvalue weighted by molar-refractivity contribution is 6.47. The van der Waals surface area contributed by atoms with Crippen molar-refractivity contribution in [3.63, 3.8) is 0 Å². The lowest BCUT2D eigenvalue weighted by Crippen LogP contribution is -2.31. The third kappa shape index (κ3) is 6.03. The summed E-state index contributed by atoms with van der Waals surface area (Å²) in [5, 5.41) is 17.8. The van der Waals surface area contributed by atoms with Crippen LogP contribution in [0.2, 0.25) is 0 Å². The average Bonchev–Trinajstić information content (AvgIpc) is 3.71. The molecule has 0 atom stereocenters. The van der Waals surface area contributed by atoms with Crippen molar-refractivity contribution in [2.75, 3.05) is 9.80 Å². The van der Waals surface area contributed by atoms with Gasteiger partial charge in [0, 0.05) is 33.0 Å². The van der Waals surface area contributed by atoms with E-state index in [4.69, 9.17) is 0 Å². The Bertz CT molecular complexity index is 4950. The number of para-hydroxylation sites is 2. The van der Waals surface area contributed by atoms with E-state index < -0.39 is 0 Å². The van der Waals surface area contributed by atoms with Crippen LogP contribution in [0.25, 0.3) is 109 Å². The van der Waals surface area contributed by atoms with Crippen molar-refractivity contribution in [1.82, 2.24) is 0 Å². The van der Waals surface area contributed by atoms with Gasteiger partial charge in [-0.1, -0.05) is 228 Å². The summed E-state index contributed by atoms with van der Waals surface area (Å²) in [4.78, 5) is 5.07. The van der Waals surface area contributed by atoms with E-state index in [1.165, 1.54) is 148 Å². The topological polar surface area (TPSA) is 6.48 Å². The summed E-state index contributed by atoms with van der Waals surface area (Å²) < 4.78 is 0. The second-order valence-corrected chi connectivity index (χ2v) is 23.5. The molecule has 15 aromatic carbocycles. The lowest BCUT2D eigenvalue weighted by atomic mass is 9.71. The summed E-state index contributed by atoms with van der Waals surface area (Å²) >= 11 is 0. The predicted octanol–water partition coefficient (Wildman–Crippen LogP) is 21.9. The third-order valence-electron chi connectivity index (χ3n) is 18.7. The molecule has 1 heterocycles. The van der Waals surface area contributed by atoms with Crippen LogP contribution in [-0.2, 0) is 10.8 Å². The minimum atomic E-state index is -0.240. The Morgan fingerprint density at radius 2 is 0.812 bits per heavy atom. The zero-order valence-electron chi connectivity index (χ0n) is 45.1. The molecular formula is C78H54N2. The molecule has 376 valence electrons. The number of hydrogen-bond acceptors (Lipinski definition) is 2. The molecule has 80 heavy (non-hydrogen) atoms. The van der Waals surface area contributed by atoms with Gasteiger partial charge in [-0.15, -0.1) is 0 Å².